The lowest BCUT2D eigenvalue weighted by Crippen LogP contribution is -2.18. The number of aryl methyl sites for hydroxylation is 2. The first-order chi connectivity index (χ1) is 10.0. The molecule has 0 spiro atoms. The van der Waals surface area contributed by atoms with Gasteiger partial charge >= 0.3 is 0 Å². The Hall–Kier alpha value is -2.29. The third kappa shape index (κ3) is 4.95. The van der Waals surface area contributed by atoms with Crippen LogP contribution in [0.1, 0.15) is 5.76 Å². The summed E-state index contributed by atoms with van der Waals surface area (Å²) in [5, 5.41) is 12.9. The van der Waals surface area contributed by atoms with Gasteiger partial charge in [0, 0.05) is 25.4 Å². The second-order valence-electron chi connectivity index (χ2n) is 4.29. The van der Waals surface area contributed by atoms with E-state index < -0.39 is 0 Å². The molecule has 0 radical (unpaired) electrons. The third-order valence-corrected chi connectivity index (χ3v) is 3.28. The number of thioether (sulfide) groups is 1. The summed E-state index contributed by atoms with van der Waals surface area (Å²) in [6, 6.07) is 3.32. The zero-order valence-electron chi connectivity index (χ0n) is 11.6. The van der Waals surface area contributed by atoms with Crippen LogP contribution in [0.2, 0.25) is 0 Å². The fourth-order valence-corrected chi connectivity index (χ4v) is 2.12. The summed E-state index contributed by atoms with van der Waals surface area (Å²) in [4.78, 5) is 23.2. The van der Waals surface area contributed by atoms with Crippen molar-refractivity contribution in [3.8, 4) is 0 Å². The smallest absolute Gasteiger partial charge is 0.235 e. The highest BCUT2D eigenvalue weighted by atomic mass is 32.2. The van der Waals surface area contributed by atoms with Gasteiger partial charge in [-0.25, -0.2) is 0 Å². The minimum Gasteiger partial charge on any atom is -0.360 e. The lowest BCUT2D eigenvalue weighted by Gasteiger charge is -2.02. The van der Waals surface area contributed by atoms with Gasteiger partial charge in [0.25, 0.3) is 0 Å². The van der Waals surface area contributed by atoms with Crippen molar-refractivity contribution < 1.29 is 14.1 Å². The summed E-state index contributed by atoms with van der Waals surface area (Å²) in [5.41, 5.74) is 0. The summed E-state index contributed by atoms with van der Waals surface area (Å²) in [7, 11) is 1.76. The number of nitrogens with zero attached hydrogens (tertiary/aromatic N) is 3. The van der Waals surface area contributed by atoms with E-state index in [1.54, 1.807) is 37.0 Å². The molecule has 0 bridgehead atoms. The van der Waals surface area contributed by atoms with Crippen LogP contribution in [0.25, 0.3) is 0 Å². The van der Waals surface area contributed by atoms with Crippen LogP contribution in [0.4, 0.5) is 11.6 Å². The predicted octanol–water partition coefficient (Wildman–Crippen LogP) is 1.03. The standard InChI is InChI=1S/C12H15N5O3S/c1-8-5-10(16-20-8)14-12(19)7-21-6-11(18)13-9-3-4-17(2)15-9/h3-5H,6-7H2,1-2H3,(H,13,15,18)(H,14,16,19). The van der Waals surface area contributed by atoms with Gasteiger partial charge in [-0.1, -0.05) is 5.16 Å². The van der Waals surface area contributed by atoms with E-state index in [0.29, 0.717) is 17.4 Å². The van der Waals surface area contributed by atoms with Gasteiger partial charge in [-0.05, 0) is 6.92 Å². The average Bonchev–Trinajstić information content (AvgIpc) is 2.98. The Kier molecular flexibility index (Phi) is 4.99. The number of amides is 2. The number of nitrogens with one attached hydrogen (secondary N) is 2. The number of rotatable bonds is 6. The Morgan fingerprint density at radius 3 is 2.48 bits per heavy atom. The fraction of sp³-hybridized carbons (Fsp3) is 0.333. The SMILES string of the molecule is Cc1cc(NC(=O)CSCC(=O)Nc2ccn(C)n2)no1. The van der Waals surface area contributed by atoms with Gasteiger partial charge < -0.3 is 15.2 Å². The van der Waals surface area contributed by atoms with Crippen LogP contribution in [0.5, 0.6) is 0 Å². The molecule has 2 aromatic heterocycles. The van der Waals surface area contributed by atoms with E-state index in [4.69, 9.17) is 4.52 Å². The number of aromatic nitrogens is 3. The molecular formula is C12H15N5O3S. The molecule has 0 fully saturated rings. The maximum absolute atomic E-state index is 11.6. The highest BCUT2D eigenvalue weighted by molar-refractivity contribution is 8.00. The van der Waals surface area contributed by atoms with Crippen molar-refractivity contribution >= 4 is 35.2 Å². The summed E-state index contributed by atoms with van der Waals surface area (Å²) < 4.78 is 6.43. The normalized spacial score (nSPS) is 10.4. The maximum Gasteiger partial charge on any atom is 0.235 e. The van der Waals surface area contributed by atoms with Crippen LogP contribution in [-0.2, 0) is 16.6 Å². The summed E-state index contributed by atoms with van der Waals surface area (Å²) in [6.07, 6.45) is 1.73. The quantitative estimate of drug-likeness (QED) is 0.826. The fourth-order valence-electron chi connectivity index (χ4n) is 1.50. The predicted molar refractivity (Wildman–Crippen MR) is 79.0 cm³/mol. The van der Waals surface area contributed by atoms with Gasteiger partial charge in [0.2, 0.25) is 11.8 Å². The molecule has 0 aliphatic rings. The third-order valence-electron chi connectivity index (χ3n) is 2.34. The molecule has 2 rings (SSSR count). The Bertz CT molecular complexity index is 582. The first kappa shape index (κ1) is 15.1. The van der Waals surface area contributed by atoms with E-state index in [-0.39, 0.29) is 23.3 Å². The van der Waals surface area contributed by atoms with Crippen molar-refractivity contribution in [2.45, 2.75) is 6.92 Å². The van der Waals surface area contributed by atoms with E-state index in [1.165, 1.54) is 11.8 Å². The van der Waals surface area contributed by atoms with Gasteiger partial charge in [-0.15, -0.1) is 11.8 Å². The number of carbonyl (C=O) groups excluding carboxylic acids is 2. The molecular weight excluding hydrogens is 294 g/mol. The number of hydrogen-bond donors (Lipinski definition) is 2. The topological polar surface area (TPSA) is 102 Å². The van der Waals surface area contributed by atoms with Crippen molar-refractivity contribution in [3.05, 3.63) is 24.1 Å². The number of anilines is 2. The van der Waals surface area contributed by atoms with Crippen LogP contribution in [0.15, 0.2) is 22.9 Å². The van der Waals surface area contributed by atoms with Gasteiger partial charge in [0.05, 0.1) is 11.5 Å². The van der Waals surface area contributed by atoms with E-state index in [2.05, 4.69) is 20.9 Å². The van der Waals surface area contributed by atoms with Crippen LogP contribution in [0.3, 0.4) is 0 Å². The van der Waals surface area contributed by atoms with Gasteiger partial charge in [-0.2, -0.15) is 5.10 Å². The van der Waals surface area contributed by atoms with E-state index in [0.717, 1.165) is 0 Å². The summed E-state index contributed by atoms with van der Waals surface area (Å²) >= 11 is 1.20. The molecule has 112 valence electrons. The molecule has 2 heterocycles. The van der Waals surface area contributed by atoms with E-state index in [9.17, 15) is 9.59 Å². The van der Waals surface area contributed by atoms with Gasteiger partial charge in [-0.3, -0.25) is 14.3 Å². The van der Waals surface area contributed by atoms with Crippen molar-refractivity contribution in [3.63, 3.8) is 0 Å². The number of carbonyl (C=O) groups is 2. The lowest BCUT2D eigenvalue weighted by molar-refractivity contribution is -0.114. The van der Waals surface area contributed by atoms with E-state index in [1.807, 2.05) is 0 Å². The summed E-state index contributed by atoms with van der Waals surface area (Å²) in [5.74, 6) is 1.36. The molecule has 9 heteroatoms. The zero-order valence-corrected chi connectivity index (χ0v) is 12.4. The van der Waals surface area contributed by atoms with Gasteiger partial charge in [0.1, 0.15) is 5.76 Å². The van der Waals surface area contributed by atoms with Crippen molar-refractivity contribution in [2.24, 2.45) is 7.05 Å². The highest BCUT2D eigenvalue weighted by Gasteiger charge is 2.09. The molecule has 0 unspecified atom stereocenters. The van der Waals surface area contributed by atoms with Crippen LogP contribution in [0, 0.1) is 6.92 Å². The second kappa shape index (κ2) is 6.93. The monoisotopic (exact) mass is 309 g/mol. The minimum absolute atomic E-state index is 0.154. The molecule has 0 aliphatic carbocycles. The first-order valence-corrected chi connectivity index (χ1v) is 7.29. The second-order valence-corrected chi connectivity index (χ2v) is 5.27. The van der Waals surface area contributed by atoms with Gasteiger partial charge in [0.15, 0.2) is 11.6 Å². The number of hydrogen-bond acceptors (Lipinski definition) is 6. The van der Waals surface area contributed by atoms with Crippen LogP contribution in [-0.4, -0.2) is 38.3 Å². The Labute approximate surface area is 125 Å². The molecule has 2 amide bonds. The molecule has 0 aromatic carbocycles. The molecule has 8 nitrogen and oxygen atoms in total. The molecule has 0 aliphatic heterocycles. The Morgan fingerprint density at radius 2 is 1.95 bits per heavy atom. The largest absolute Gasteiger partial charge is 0.360 e. The maximum atomic E-state index is 11.6. The average molecular weight is 309 g/mol. The van der Waals surface area contributed by atoms with Crippen LogP contribution < -0.4 is 10.6 Å². The van der Waals surface area contributed by atoms with Crippen molar-refractivity contribution in [2.75, 3.05) is 22.1 Å². The highest BCUT2D eigenvalue weighted by Crippen LogP contribution is 2.09. The van der Waals surface area contributed by atoms with Crippen LogP contribution >= 0.6 is 11.8 Å². The van der Waals surface area contributed by atoms with E-state index >= 15 is 0 Å². The summed E-state index contributed by atoms with van der Waals surface area (Å²) in [6.45, 7) is 1.74. The molecule has 2 N–H and O–H groups in total. The Morgan fingerprint density at radius 1 is 1.29 bits per heavy atom. The Balaban J connectivity index is 1.66. The molecule has 2 aromatic rings. The molecule has 0 saturated carbocycles. The molecule has 21 heavy (non-hydrogen) atoms. The van der Waals surface area contributed by atoms with Crippen molar-refractivity contribution in [1.29, 1.82) is 0 Å². The van der Waals surface area contributed by atoms with Crippen molar-refractivity contribution in [1.82, 2.24) is 14.9 Å². The first-order valence-electron chi connectivity index (χ1n) is 6.13. The molecule has 0 saturated heterocycles. The zero-order chi connectivity index (χ0) is 15.2. The minimum atomic E-state index is -0.237. The lowest BCUT2D eigenvalue weighted by atomic mass is 10.5. The molecule has 0 atom stereocenters.